The molecule has 0 aliphatic carbocycles. The SMILES string of the molecule is CCOC(=O)Cc1c(C#N)cc([N+](=O)[O-])cc1CCl. The molecule has 6 nitrogen and oxygen atoms in total. The monoisotopic (exact) mass is 282 g/mol. The molecule has 1 aromatic rings. The van der Waals surface area contributed by atoms with Gasteiger partial charge < -0.3 is 4.74 Å². The van der Waals surface area contributed by atoms with Crippen molar-refractivity contribution in [3.05, 3.63) is 38.9 Å². The number of hydrogen-bond acceptors (Lipinski definition) is 5. The number of carbonyl (C=O) groups is 1. The standard InChI is InChI=1S/C12H11ClN2O4/c1-2-19-12(16)5-11-8(6-13)3-10(15(17)18)4-9(11)7-14/h3-4H,2,5-6H2,1H3. The molecule has 0 bridgehead atoms. The fourth-order valence-electron chi connectivity index (χ4n) is 1.60. The van der Waals surface area contributed by atoms with Crippen LogP contribution in [-0.2, 0) is 21.8 Å². The summed E-state index contributed by atoms with van der Waals surface area (Å²) in [7, 11) is 0. The highest BCUT2D eigenvalue weighted by atomic mass is 35.5. The number of nitro benzene ring substituents is 1. The van der Waals surface area contributed by atoms with Gasteiger partial charge in [-0.3, -0.25) is 14.9 Å². The first kappa shape index (κ1) is 14.9. The maximum absolute atomic E-state index is 11.5. The van der Waals surface area contributed by atoms with E-state index in [4.69, 9.17) is 21.6 Å². The lowest BCUT2D eigenvalue weighted by atomic mass is 9.99. The number of nitrogens with zero attached hydrogens (tertiary/aromatic N) is 2. The molecule has 0 unspecified atom stereocenters. The average molecular weight is 283 g/mol. The van der Waals surface area contributed by atoms with Gasteiger partial charge in [0, 0.05) is 18.0 Å². The molecule has 0 saturated heterocycles. The summed E-state index contributed by atoms with van der Waals surface area (Å²) in [6.45, 7) is 1.89. The molecule has 1 rings (SSSR count). The van der Waals surface area contributed by atoms with Crippen LogP contribution in [0.1, 0.15) is 23.6 Å². The maximum atomic E-state index is 11.5. The minimum absolute atomic E-state index is 0.0227. The van der Waals surface area contributed by atoms with Crippen molar-refractivity contribution in [3.8, 4) is 6.07 Å². The average Bonchev–Trinajstić information content (AvgIpc) is 2.38. The van der Waals surface area contributed by atoms with Gasteiger partial charge in [0.05, 0.1) is 29.6 Å². The number of esters is 1. The number of non-ortho nitro benzene ring substituents is 1. The fraction of sp³-hybridized carbons (Fsp3) is 0.333. The van der Waals surface area contributed by atoms with Crippen molar-refractivity contribution in [2.24, 2.45) is 0 Å². The van der Waals surface area contributed by atoms with Crippen molar-refractivity contribution in [1.29, 1.82) is 5.26 Å². The van der Waals surface area contributed by atoms with Gasteiger partial charge in [-0.05, 0) is 18.1 Å². The highest BCUT2D eigenvalue weighted by molar-refractivity contribution is 6.17. The van der Waals surface area contributed by atoms with Crippen LogP contribution >= 0.6 is 11.6 Å². The van der Waals surface area contributed by atoms with E-state index in [1.54, 1.807) is 6.92 Å². The molecule has 0 fully saturated rings. The smallest absolute Gasteiger partial charge is 0.310 e. The molecule has 19 heavy (non-hydrogen) atoms. The Balaban J connectivity index is 3.25. The zero-order valence-corrected chi connectivity index (χ0v) is 10.9. The van der Waals surface area contributed by atoms with Crippen LogP contribution in [0.25, 0.3) is 0 Å². The number of hydrogen-bond donors (Lipinski definition) is 0. The largest absolute Gasteiger partial charge is 0.466 e. The summed E-state index contributed by atoms with van der Waals surface area (Å²) < 4.78 is 4.80. The predicted molar refractivity (Wildman–Crippen MR) is 67.7 cm³/mol. The zero-order chi connectivity index (χ0) is 14.4. The molecule has 0 aliphatic rings. The lowest BCUT2D eigenvalue weighted by Crippen LogP contribution is -2.11. The van der Waals surface area contributed by atoms with Gasteiger partial charge in [0.2, 0.25) is 0 Å². The van der Waals surface area contributed by atoms with Crippen molar-refractivity contribution in [3.63, 3.8) is 0 Å². The molecule has 0 saturated carbocycles. The maximum Gasteiger partial charge on any atom is 0.310 e. The van der Waals surface area contributed by atoms with E-state index >= 15 is 0 Å². The van der Waals surface area contributed by atoms with Crippen LogP contribution in [0.4, 0.5) is 5.69 Å². The first-order chi connectivity index (χ1) is 9.03. The Morgan fingerprint density at radius 1 is 1.58 bits per heavy atom. The normalized spacial score (nSPS) is 9.74. The number of alkyl halides is 1. The number of ether oxygens (including phenoxy) is 1. The van der Waals surface area contributed by atoms with E-state index < -0.39 is 10.9 Å². The van der Waals surface area contributed by atoms with Gasteiger partial charge in [-0.2, -0.15) is 5.26 Å². The quantitative estimate of drug-likeness (QED) is 0.357. The third-order valence-corrected chi connectivity index (χ3v) is 2.72. The third-order valence-electron chi connectivity index (χ3n) is 2.43. The van der Waals surface area contributed by atoms with E-state index in [1.807, 2.05) is 6.07 Å². The lowest BCUT2D eigenvalue weighted by Gasteiger charge is -2.09. The molecule has 100 valence electrons. The Hall–Kier alpha value is -2.13. The third kappa shape index (κ3) is 3.66. The molecule has 0 radical (unpaired) electrons. The number of rotatable bonds is 5. The molecule has 0 aliphatic heterocycles. The van der Waals surface area contributed by atoms with E-state index in [0.29, 0.717) is 11.1 Å². The first-order valence-electron chi connectivity index (χ1n) is 5.45. The number of nitriles is 1. The molecule has 0 aromatic heterocycles. The topological polar surface area (TPSA) is 93.2 Å². The van der Waals surface area contributed by atoms with Crippen LogP contribution in [-0.4, -0.2) is 17.5 Å². The Bertz CT molecular complexity index is 551. The number of benzene rings is 1. The van der Waals surface area contributed by atoms with Crippen molar-refractivity contribution < 1.29 is 14.5 Å². The van der Waals surface area contributed by atoms with Crippen LogP contribution in [0.2, 0.25) is 0 Å². The van der Waals surface area contributed by atoms with E-state index in [0.717, 1.165) is 6.07 Å². The molecule has 1 aromatic carbocycles. The summed E-state index contributed by atoms with van der Waals surface area (Å²) in [5.41, 5.74) is 0.611. The second-order valence-electron chi connectivity index (χ2n) is 3.62. The fourth-order valence-corrected chi connectivity index (χ4v) is 1.84. The van der Waals surface area contributed by atoms with Crippen LogP contribution in [0.15, 0.2) is 12.1 Å². The van der Waals surface area contributed by atoms with Crippen LogP contribution in [0.3, 0.4) is 0 Å². The van der Waals surface area contributed by atoms with Crippen molar-refractivity contribution in [2.45, 2.75) is 19.2 Å². The highest BCUT2D eigenvalue weighted by Crippen LogP contribution is 2.24. The van der Waals surface area contributed by atoms with Gasteiger partial charge in [0.15, 0.2) is 0 Å². The lowest BCUT2D eigenvalue weighted by molar-refractivity contribution is -0.384. The van der Waals surface area contributed by atoms with E-state index in [9.17, 15) is 14.9 Å². The zero-order valence-electron chi connectivity index (χ0n) is 10.2. The van der Waals surface area contributed by atoms with Gasteiger partial charge in [-0.1, -0.05) is 0 Å². The van der Waals surface area contributed by atoms with Gasteiger partial charge in [0.25, 0.3) is 5.69 Å². The minimum Gasteiger partial charge on any atom is -0.466 e. The second kappa shape index (κ2) is 6.71. The van der Waals surface area contributed by atoms with Crippen LogP contribution < -0.4 is 0 Å². The summed E-state index contributed by atoms with van der Waals surface area (Å²) in [4.78, 5) is 21.6. The molecule has 0 amide bonds. The Morgan fingerprint density at radius 3 is 2.74 bits per heavy atom. The molecule has 0 atom stereocenters. The highest BCUT2D eigenvalue weighted by Gasteiger charge is 2.18. The molecular formula is C12H11ClN2O4. The summed E-state index contributed by atoms with van der Waals surface area (Å²) >= 11 is 5.71. The van der Waals surface area contributed by atoms with Crippen LogP contribution in [0, 0.1) is 21.4 Å². The summed E-state index contributed by atoms with van der Waals surface area (Å²) in [6.07, 6.45) is -0.128. The number of halogens is 1. The Morgan fingerprint density at radius 2 is 2.26 bits per heavy atom. The van der Waals surface area contributed by atoms with Crippen molar-refractivity contribution >= 4 is 23.3 Å². The minimum atomic E-state index is -0.606. The summed E-state index contributed by atoms with van der Waals surface area (Å²) in [5.74, 6) is -0.523. The second-order valence-corrected chi connectivity index (χ2v) is 3.88. The molecule has 0 spiro atoms. The van der Waals surface area contributed by atoms with E-state index in [1.165, 1.54) is 6.07 Å². The van der Waals surface area contributed by atoms with Gasteiger partial charge in [-0.25, -0.2) is 0 Å². The molecule has 7 heteroatoms. The molecular weight excluding hydrogens is 272 g/mol. The number of nitro groups is 1. The van der Waals surface area contributed by atoms with Gasteiger partial charge in [0.1, 0.15) is 0 Å². The predicted octanol–water partition coefficient (Wildman–Crippen LogP) is 2.31. The summed E-state index contributed by atoms with van der Waals surface area (Å²) in [6, 6.07) is 4.24. The van der Waals surface area contributed by atoms with Crippen molar-refractivity contribution in [2.75, 3.05) is 6.61 Å². The van der Waals surface area contributed by atoms with E-state index in [2.05, 4.69) is 0 Å². The Kier molecular flexibility index (Phi) is 5.27. The first-order valence-corrected chi connectivity index (χ1v) is 5.98. The van der Waals surface area contributed by atoms with Gasteiger partial charge in [-0.15, -0.1) is 11.6 Å². The van der Waals surface area contributed by atoms with Crippen molar-refractivity contribution in [1.82, 2.24) is 0 Å². The number of carbonyl (C=O) groups excluding carboxylic acids is 1. The van der Waals surface area contributed by atoms with Gasteiger partial charge >= 0.3 is 5.97 Å². The molecule has 0 heterocycles. The van der Waals surface area contributed by atoms with E-state index in [-0.39, 0.29) is 30.2 Å². The Labute approximate surface area is 114 Å². The molecule has 0 N–H and O–H groups in total. The van der Waals surface area contributed by atoms with Crippen LogP contribution in [0.5, 0.6) is 0 Å². The summed E-state index contributed by atoms with van der Waals surface area (Å²) in [5, 5.41) is 19.8.